The molecule has 11 heteroatoms. The first-order valence-corrected chi connectivity index (χ1v) is 8.14. The Morgan fingerprint density at radius 2 is 2.24 bits per heavy atom. The van der Waals surface area contributed by atoms with Crippen LogP contribution in [0.5, 0.6) is 0 Å². The van der Waals surface area contributed by atoms with Crippen LogP contribution in [0.3, 0.4) is 0 Å². The summed E-state index contributed by atoms with van der Waals surface area (Å²) in [5, 5.41) is 27.3. The number of carbonyl (C=O) groups excluding carboxylic acids is 1. The fourth-order valence-electron chi connectivity index (χ4n) is 3.19. The number of carbonyl (C=O) groups is 2. The fourth-order valence-corrected chi connectivity index (χ4v) is 3.19. The summed E-state index contributed by atoms with van der Waals surface area (Å²) in [5.41, 5.74) is 11.1. The number of nitrogens with one attached hydrogen (secondary N) is 1. The number of aromatic amines is 1. The van der Waals surface area contributed by atoms with E-state index in [9.17, 15) is 14.7 Å². The van der Waals surface area contributed by atoms with Crippen molar-refractivity contribution >= 4 is 19.0 Å². The van der Waals surface area contributed by atoms with E-state index in [0.29, 0.717) is 18.5 Å². The van der Waals surface area contributed by atoms with Crippen molar-refractivity contribution in [1.82, 2.24) is 14.9 Å². The lowest BCUT2D eigenvalue weighted by molar-refractivity contribution is -0.144. The van der Waals surface area contributed by atoms with Crippen LogP contribution in [0, 0.1) is 5.92 Å². The fraction of sp³-hybridized carbons (Fsp3) is 0.643. The van der Waals surface area contributed by atoms with Crippen molar-refractivity contribution in [2.24, 2.45) is 17.4 Å². The lowest BCUT2D eigenvalue weighted by atomic mass is 9.78. The number of nitrogens with two attached hydrogens (primary N) is 2. The Morgan fingerprint density at radius 3 is 2.80 bits per heavy atom. The predicted molar refractivity (Wildman–Crippen MR) is 89.1 cm³/mol. The maximum Gasteiger partial charge on any atom is 0.451 e. The molecule has 8 N–H and O–H groups in total. The molecule has 10 nitrogen and oxygen atoms in total. The molecule has 25 heavy (non-hydrogen) atoms. The van der Waals surface area contributed by atoms with Crippen molar-refractivity contribution in [2.45, 2.75) is 37.2 Å². The van der Waals surface area contributed by atoms with E-state index in [-0.39, 0.29) is 31.7 Å². The lowest BCUT2D eigenvalue weighted by Gasteiger charge is -2.25. The standard InChI is InChI=1S/C14H24BN5O5/c16-11(4-10-5-18-8-19-10)12(21)20-6-9(2-1-3-15(24)25)14(17,7-20)13(22)23/h5,8-9,11,24-25H,1-4,6-7,16-17H2,(H,18,19)(H,22,23). The Balaban J connectivity index is 2.01. The van der Waals surface area contributed by atoms with Gasteiger partial charge in [-0.2, -0.15) is 0 Å². The number of likely N-dealkylation sites (tertiary alicyclic amines) is 1. The van der Waals surface area contributed by atoms with E-state index in [2.05, 4.69) is 9.97 Å². The quantitative estimate of drug-likeness (QED) is 0.284. The minimum atomic E-state index is -1.57. The molecule has 0 saturated carbocycles. The molecule has 0 bridgehead atoms. The summed E-state index contributed by atoms with van der Waals surface area (Å²) in [5.74, 6) is -2.03. The van der Waals surface area contributed by atoms with Crippen LogP contribution < -0.4 is 11.5 Å². The van der Waals surface area contributed by atoms with E-state index in [1.54, 1.807) is 6.20 Å². The summed E-state index contributed by atoms with van der Waals surface area (Å²) >= 11 is 0. The Bertz CT molecular complexity index is 598. The third kappa shape index (κ3) is 4.57. The first kappa shape index (κ1) is 19.4. The van der Waals surface area contributed by atoms with Crippen molar-refractivity contribution in [3.05, 3.63) is 18.2 Å². The van der Waals surface area contributed by atoms with Crippen molar-refractivity contribution in [2.75, 3.05) is 13.1 Å². The third-order valence-corrected chi connectivity index (χ3v) is 4.65. The number of carboxylic acid groups (broad SMARTS) is 1. The first-order chi connectivity index (χ1) is 11.7. The van der Waals surface area contributed by atoms with Gasteiger partial charge in [-0.05, 0) is 12.7 Å². The minimum absolute atomic E-state index is 0.123. The van der Waals surface area contributed by atoms with Crippen LogP contribution in [0.1, 0.15) is 18.5 Å². The monoisotopic (exact) mass is 353 g/mol. The zero-order valence-electron chi connectivity index (χ0n) is 13.8. The second-order valence-electron chi connectivity index (χ2n) is 6.54. The molecule has 1 saturated heterocycles. The zero-order valence-corrected chi connectivity index (χ0v) is 13.8. The van der Waals surface area contributed by atoms with Gasteiger partial charge in [0.25, 0.3) is 0 Å². The van der Waals surface area contributed by atoms with Crippen LogP contribution in [0.2, 0.25) is 6.32 Å². The van der Waals surface area contributed by atoms with Crippen LogP contribution in [0.4, 0.5) is 0 Å². The maximum absolute atomic E-state index is 12.5. The number of amides is 1. The van der Waals surface area contributed by atoms with Gasteiger partial charge in [0, 0.05) is 31.6 Å². The van der Waals surface area contributed by atoms with Crippen LogP contribution in [-0.4, -0.2) is 73.7 Å². The number of aliphatic carboxylic acids is 1. The molecule has 1 fully saturated rings. The van der Waals surface area contributed by atoms with E-state index >= 15 is 0 Å². The second kappa shape index (κ2) is 7.96. The van der Waals surface area contributed by atoms with Crippen LogP contribution in [0.25, 0.3) is 0 Å². The average molecular weight is 353 g/mol. The van der Waals surface area contributed by atoms with E-state index in [1.807, 2.05) is 0 Å². The molecule has 2 rings (SSSR count). The molecule has 1 aliphatic heterocycles. The summed E-state index contributed by atoms with van der Waals surface area (Å²) in [6.45, 7) is 0.0548. The third-order valence-electron chi connectivity index (χ3n) is 4.65. The number of aromatic nitrogens is 2. The molecule has 2 heterocycles. The van der Waals surface area contributed by atoms with Gasteiger partial charge in [0.2, 0.25) is 5.91 Å². The number of hydrogen-bond acceptors (Lipinski definition) is 7. The van der Waals surface area contributed by atoms with Gasteiger partial charge in [0.05, 0.1) is 18.1 Å². The molecule has 3 atom stereocenters. The van der Waals surface area contributed by atoms with Gasteiger partial charge in [-0.25, -0.2) is 4.98 Å². The normalized spacial score (nSPS) is 24.3. The molecule has 1 aliphatic rings. The highest BCUT2D eigenvalue weighted by atomic mass is 16.4. The highest BCUT2D eigenvalue weighted by Crippen LogP contribution is 2.31. The highest BCUT2D eigenvalue weighted by Gasteiger charge is 2.50. The van der Waals surface area contributed by atoms with Crippen molar-refractivity contribution in [3.63, 3.8) is 0 Å². The number of carboxylic acids is 1. The molecular weight excluding hydrogens is 329 g/mol. The molecular formula is C14H24BN5O5. The number of H-pyrrole nitrogens is 1. The Hall–Kier alpha value is -1.95. The molecule has 0 aromatic carbocycles. The molecule has 0 aliphatic carbocycles. The van der Waals surface area contributed by atoms with Crippen LogP contribution >= 0.6 is 0 Å². The maximum atomic E-state index is 12.5. The van der Waals surface area contributed by atoms with Crippen LogP contribution in [-0.2, 0) is 16.0 Å². The number of hydrogen-bond donors (Lipinski definition) is 6. The number of rotatable bonds is 8. The zero-order chi connectivity index (χ0) is 18.6. The first-order valence-electron chi connectivity index (χ1n) is 8.14. The molecule has 1 amide bonds. The summed E-state index contributed by atoms with van der Waals surface area (Å²) in [6.07, 6.45) is 4.27. The summed E-state index contributed by atoms with van der Waals surface area (Å²) < 4.78 is 0. The topological polar surface area (TPSA) is 179 Å². The van der Waals surface area contributed by atoms with E-state index < -0.39 is 30.6 Å². The van der Waals surface area contributed by atoms with Gasteiger partial charge >= 0.3 is 13.1 Å². The molecule has 1 aromatic heterocycles. The molecule has 1 aromatic rings. The van der Waals surface area contributed by atoms with Crippen molar-refractivity contribution < 1.29 is 24.7 Å². The summed E-state index contributed by atoms with van der Waals surface area (Å²) in [7, 11) is -1.45. The Labute approximate surface area is 145 Å². The van der Waals surface area contributed by atoms with E-state index in [4.69, 9.17) is 21.5 Å². The van der Waals surface area contributed by atoms with Gasteiger partial charge in [-0.3, -0.25) is 9.59 Å². The van der Waals surface area contributed by atoms with Crippen LogP contribution in [0.15, 0.2) is 12.5 Å². The van der Waals surface area contributed by atoms with Gasteiger partial charge < -0.3 is 36.5 Å². The average Bonchev–Trinajstić information content (AvgIpc) is 3.15. The molecule has 3 unspecified atom stereocenters. The Kier molecular flexibility index (Phi) is 6.17. The Morgan fingerprint density at radius 1 is 1.52 bits per heavy atom. The van der Waals surface area contributed by atoms with Gasteiger partial charge in [-0.15, -0.1) is 0 Å². The van der Waals surface area contributed by atoms with Gasteiger partial charge in [-0.1, -0.05) is 6.42 Å². The van der Waals surface area contributed by atoms with Gasteiger partial charge in [0.1, 0.15) is 5.54 Å². The van der Waals surface area contributed by atoms with E-state index in [1.165, 1.54) is 11.2 Å². The van der Waals surface area contributed by atoms with Gasteiger partial charge in [0.15, 0.2) is 0 Å². The minimum Gasteiger partial charge on any atom is -0.480 e. The summed E-state index contributed by atoms with van der Waals surface area (Å²) in [4.78, 5) is 32.3. The largest absolute Gasteiger partial charge is 0.480 e. The van der Waals surface area contributed by atoms with Crippen molar-refractivity contribution in [3.8, 4) is 0 Å². The smallest absolute Gasteiger partial charge is 0.451 e. The highest BCUT2D eigenvalue weighted by molar-refractivity contribution is 6.40. The SMILES string of the molecule is NC(Cc1c[nH]cn1)C(=O)N1CC(CCCB(O)O)C(N)(C(=O)O)C1. The lowest BCUT2D eigenvalue weighted by Crippen LogP contribution is -2.55. The summed E-state index contributed by atoms with van der Waals surface area (Å²) in [6, 6.07) is -0.834. The predicted octanol–water partition coefficient (Wildman–Crippen LogP) is -2.23. The molecule has 0 spiro atoms. The molecule has 138 valence electrons. The number of imidazole rings is 1. The second-order valence-corrected chi connectivity index (χ2v) is 6.54. The van der Waals surface area contributed by atoms with E-state index in [0.717, 1.165) is 0 Å². The number of nitrogens with zero attached hydrogens (tertiary/aromatic N) is 2. The van der Waals surface area contributed by atoms with Crippen molar-refractivity contribution in [1.29, 1.82) is 0 Å². The molecule has 0 radical (unpaired) electrons.